The van der Waals surface area contributed by atoms with Gasteiger partial charge in [-0.3, -0.25) is 4.79 Å². The summed E-state index contributed by atoms with van der Waals surface area (Å²) in [5.74, 6) is -0.326. The Morgan fingerprint density at radius 1 is 0.958 bits per heavy atom. The van der Waals surface area contributed by atoms with Crippen LogP contribution in [-0.4, -0.2) is 10.5 Å². The topological polar surface area (TPSA) is 58.1 Å². The van der Waals surface area contributed by atoms with Gasteiger partial charge in [0.2, 0.25) is 0 Å². The molecular weight excluding hydrogens is 298 g/mol. The lowest BCUT2D eigenvalue weighted by molar-refractivity contribution is 0.0997. The Kier molecular flexibility index (Phi) is 4.64. The van der Waals surface area contributed by atoms with Crippen LogP contribution in [0.1, 0.15) is 21.5 Å². The number of nitrogens with zero attached hydrogens (tertiary/aromatic N) is 3. The first-order valence-corrected chi connectivity index (χ1v) is 7.55. The number of carbonyl (C=O) groups is 1. The van der Waals surface area contributed by atoms with Gasteiger partial charge in [-0.1, -0.05) is 36.4 Å². The highest BCUT2D eigenvalue weighted by molar-refractivity contribution is 5.94. The molecule has 4 heteroatoms. The first-order valence-electron chi connectivity index (χ1n) is 7.55. The van der Waals surface area contributed by atoms with Crippen LogP contribution >= 0.6 is 0 Å². The molecule has 0 unspecified atom stereocenters. The molecule has 3 aromatic rings. The van der Waals surface area contributed by atoms with E-state index in [1.807, 2.05) is 65.4 Å². The number of carbonyl (C=O) groups excluding carboxylic acids is 1. The summed E-state index contributed by atoms with van der Waals surface area (Å²) in [6.45, 7) is 0.640. The molecule has 0 bridgehead atoms. The third kappa shape index (κ3) is 3.65. The van der Waals surface area contributed by atoms with Gasteiger partial charge in [0.1, 0.15) is 5.49 Å². The highest BCUT2D eigenvalue weighted by Gasteiger charge is 2.04. The molecule has 0 spiro atoms. The molecule has 0 aliphatic carbocycles. The van der Waals surface area contributed by atoms with Gasteiger partial charge in [-0.25, -0.2) is 0 Å². The van der Waals surface area contributed by atoms with E-state index in [1.54, 1.807) is 24.3 Å². The van der Waals surface area contributed by atoms with Crippen LogP contribution in [0.25, 0.3) is 0 Å². The fourth-order valence-electron chi connectivity index (χ4n) is 2.34. The molecular formula is C20H15N3O. The summed E-state index contributed by atoms with van der Waals surface area (Å²) < 4.78 is 1.93. The Labute approximate surface area is 140 Å². The lowest BCUT2D eigenvalue weighted by Crippen LogP contribution is -2.22. The lowest BCUT2D eigenvalue weighted by Gasteiger charge is -2.07. The first kappa shape index (κ1) is 15.4. The van der Waals surface area contributed by atoms with Crippen molar-refractivity contribution >= 4 is 5.91 Å². The number of hydrogen-bond donors (Lipinski definition) is 0. The Morgan fingerprint density at radius 3 is 2.38 bits per heavy atom. The molecule has 3 rings (SSSR count). The molecule has 0 aliphatic heterocycles. The molecule has 0 radical (unpaired) electrons. The standard InChI is InChI=1S/C20H15N3O/c21-14-16-9-11-18(12-10-16)20(24)22-19-8-4-5-13-23(19)15-17-6-2-1-3-7-17/h1-13H,15H2. The lowest BCUT2D eigenvalue weighted by atomic mass is 10.1. The number of benzene rings is 2. The van der Waals surface area contributed by atoms with E-state index in [-0.39, 0.29) is 5.91 Å². The van der Waals surface area contributed by atoms with Gasteiger partial charge in [-0.05, 0) is 42.0 Å². The van der Waals surface area contributed by atoms with Gasteiger partial charge in [0, 0.05) is 18.3 Å². The van der Waals surface area contributed by atoms with Crippen LogP contribution in [-0.2, 0) is 6.54 Å². The monoisotopic (exact) mass is 313 g/mol. The minimum absolute atomic E-state index is 0.326. The zero-order chi connectivity index (χ0) is 16.8. The first-order chi connectivity index (χ1) is 11.8. The molecule has 0 saturated heterocycles. The van der Waals surface area contributed by atoms with Crippen molar-refractivity contribution in [1.29, 1.82) is 5.26 Å². The third-order valence-corrected chi connectivity index (χ3v) is 3.59. The van der Waals surface area contributed by atoms with Crippen LogP contribution in [0.15, 0.2) is 84.0 Å². The number of hydrogen-bond acceptors (Lipinski definition) is 2. The van der Waals surface area contributed by atoms with Crippen LogP contribution in [0.3, 0.4) is 0 Å². The van der Waals surface area contributed by atoms with E-state index < -0.39 is 0 Å². The molecule has 0 atom stereocenters. The second-order valence-corrected chi connectivity index (χ2v) is 5.28. The van der Waals surface area contributed by atoms with Gasteiger partial charge in [-0.15, -0.1) is 0 Å². The summed E-state index contributed by atoms with van der Waals surface area (Å²) in [6.07, 6.45) is 1.90. The number of aromatic nitrogens is 1. The number of amides is 1. The van der Waals surface area contributed by atoms with E-state index in [2.05, 4.69) is 4.99 Å². The minimum Gasteiger partial charge on any atom is -0.328 e. The second kappa shape index (κ2) is 7.21. The number of pyridine rings is 1. The Bertz CT molecular complexity index is 948. The highest BCUT2D eigenvalue weighted by Crippen LogP contribution is 2.05. The van der Waals surface area contributed by atoms with Crippen molar-refractivity contribution in [3.05, 3.63) is 101 Å². The molecule has 2 aromatic carbocycles. The van der Waals surface area contributed by atoms with Gasteiger partial charge in [0.05, 0.1) is 11.6 Å². The molecule has 4 nitrogen and oxygen atoms in total. The summed E-state index contributed by atoms with van der Waals surface area (Å²) in [6, 6.07) is 24.1. The predicted octanol–water partition coefficient (Wildman–Crippen LogP) is 3.15. The van der Waals surface area contributed by atoms with Gasteiger partial charge >= 0.3 is 0 Å². The third-order valence-electron chi connectivity index (χ3n) is 3.59. The van der Waals surface area contributed by atoms with Crippen LogP contribution in [0.4, 0.5) is 0 Å². The smallest absolute Gasteiger partial charge is 0.278 e. The summed E-state index contributed by atoms with van der Waals surface area (Å²) in [5, 5.41) is 8.82. The zero-order valence-electron chi connectivity index (χ0n) is 13.0. The van der Waals surface area contributed by atoms with Crippen molar-refractivity contribution < 1.29 is 4.79 Å². The van der Waals surface area contributed by atoms with Crippen LogP contribution in [0.5, 0.6) is 0 Å². The maximum atomic E-state index is 12.4. The normalized spacial score (nSPS) is 11.0. The molecule has 0 fully saturated rings. The fraction of sp³-hybridized carbons (Fsp3) is 0.0500. The van der Waals surface area contributed by atoms with Gasteiger partial charge in [-0.2, -0.15) is 10.3 Å². The van der Waals surface area contributed by atoms with Crippen LogP contribution in [0, 0.1) is 11.3 Å². The average Bonchev–Trinajstić information content (AvgIpc) is 2.64. The van der Waals surface area contributed by atoms with E-state index in [9.17, 15) is 4.79 Å². The second-order valence-electron chi connectivity index (χ2n) is 5.28. The zero-order valence-corrected chi connectivity index (χ0v) is 13.0. The summed E-state index contributed by atoms with van der Waals surface area (Å²) in [7, 11) is 0. The van der Waals surface area contributed by atoms with E-state index in [0.29, 0.717) is 23.2 Å². The molecule has 0 aliphatic rings. The summed E-state index contributed by atoms with van der Waals surface area (Å²) in [5.41, 5.74) is 2.71. The SMILES string of the molecule is N#Cc1ccc(C(=O)N=c2ccccn2Cc2ccccc2)cc1. The number of rotatable bonds is 3. The average molecular weight is 313 g/mol. The highest BCUT2D eigenvalue weighted by atomic mass is 16.1. The van der Waals surface area contributed by atoms with Crippen LogP contribution in [0.2, 0.25) is 0 Å². The molecule has 0 saturated carbocycles. The Balaban J connectivity index is 1.92. The fourth-order valence-corrected chi connectivity index (χ4v) is 2.34. The molecule has 1 amide bonds. The molecule has 116 valence electrons. The van der Waals surface area contributed by atoms with E-state index in [4.69, 9.17) is 5.26 Å². The predicted molar refractivity (Wildman–Crippen MR) is 91.0 cm³/mol. The van der Waals surface area contributed by atoms with Crippen molar-refractivity contribution in [2.24, 2.45) is 4.99 Å². The minimum atomic E-state index is -0.326. The molecule has 1 aromatic heterocycles. The van der Waals surface area contributed by atoms with Crippen molar-refractivity contribution in [3.8, 4) is 6.07 Å². The van der Waals surface area contributed by atoms with Gasteiger partial charge in [0.25, 0.3) is 5.91 Å². The summed E-state index contributed by atoms with van der Waals surface area (Å²) in [4.78, 5) is 16.6. The Hall–Kier alpha value is -3.45. The molecule has 0 N–H and O–H groups in total. The van der Waals surface area contributed by atoms with Gasteiger partial charge in [0.15, 0.2) is 0 Å². The van der Waals surface area contributed by atoms with Gasteiger partial charge < -0.3 is 4.57 Å². The van der Waals surface area contributed by atoms with Crippen molar-refractivity contribution in [3.63, 3.8) is 0 Å². The maximum absolute atomic E-state index is 12.4. The Morgan fingerprint density at radius 2 is 1.67 bits per heavy atom. The maximum Gasteiger partial charge on any atom is 0.278 e. The number of nitriles is 1. The van der Waals surface area contributed by atoms with Crippen molar-refractivity contribution in [2.45, 2.75) is 6.54 Å². The van der Waals surface area contributed by atoms with Crippen molar-refractivity contribution in [2.75, 3.05) is 0 Å². The molecule has 24 heavy (non-hydrogen) atoms. The summed E-state index contributed by atoms with van der Waals surface area (Å²) >= 11 is 0. The largest absolute Gasteiger partial charge is 0.328 e. The van der Waals surface area contributed by atoms with E-state index >= 15 is 0 Å². The van der Waals surface area contributed by atoms with Crippen molar-refractivity contribution in [1.82, 2.24) is 4.57 Å². The van der Waals surface area contributed by atoms with Crippen LogP contribution < -0.4 is 5.49 Å². The van der Waals surface area contributed by atoms with E-state index in [0.717, 1.165) is 5.56 Å². The van der Waals surface area contributed by atoms with E-state index in [1.165, 1.54) is 0 Å². The quantitative estimate of drug-likeness (QED) is 0.746. The molecule has 1 heterocycles.